The van der Waals surface area contributed by atoms with Crippen molar-refractivity contribution in [3.63, 3.8) is 0 Å². The Hall–Kier alpha value is -1.90. The van der Waals surface area contributed by atoms with Gasteiger partial charge in [0, 0.05) is 23.2 Å². The number of hydrogen-bond acceptors (Lipinski definition) is 4. The maximum Gasteiger partial charge on any atom is 0.256 e. The van der Waals surface area contributed by atoms with Gasteiger partial charge in [-0.15, -0.1) is 0 Å². The number of nitrogens with one attached hydrogen (secondary N) is 1. The van der Waals surface area contributed by atoms with Crippen LogP contribution < -0.4 is 10.1 Å². The molecule has 8 heteroatoms. The monoisotopic (exact) mass is 466 g/mol. The van der Waals surface area contributed by atoms with Crippen molar-refractivity contribution in [1.29, 1.82) is 0 Å². The Kier molecular flexibility index (Phi) is 6.42. The summed E-state index contributed by atoms with van der Waals surface area (Å²) in [6, 6.07) is 11.6. The highest BCUT2D eigenvalue weighted by Crippen LogP contribution is 2.26. The lowest BCUT2D eigenvalue weighted by Crippen LogP contribution is -2.28. The van der Waals surface area contributed by atoms with Crippen molar-refractivity contribution in [2.45, 2.75) is 37.7 Å². The average molecular weight is 467 g/mol. The van der Waals surface area contributed by atoms with E-state index in [0.29, 0.717) is 29.0 Å². The predicted molar refractivity (Wildman–Crippen MR) is 112 cm³/mol. The van der Waals surface area contributed by atoms with E-state index in [-0.39, 0.29) is 22.5 Å². The molecule has 0 saturated carbocycles. The number of anilines is 1. The number of ether oxygens (including phenoxy) is 1. The summed E-state index contributed by atoms with van der Waals surface area (Å²) >= 11 is 3.34. The zero-order valence-corrected chi connectivity index (χ0v) is 18.2. The lowest BCUT2D eigenvalue weighted by molar-refractivity contribution is 0.102. The normalized spacial score (nSPS) is 15.0. The number of sulfonamides is 1. The number of benzene rings is 2. The number of carbonyl (C=O) groups excluding carboxylic acids is 1. The Morgan fingerprint density at radius 1 is 1.11 bits per heavy atom. The second kappa shape index (κ2) is 8.63. The van der Waals surface area contributed by atoms with E-state index in [1.54, 1.807) is 30.3 Å². The molecule has 1 aliphatic rings. The zero-order chi connectivity index (χ0) is 20.3. The quantitative estimate of drug-likeness (QED) is 0.689. The highest BCUT2D eigenvalue weighted by atomic mass is 79.9. The zero-order valence-electron chi connectivity index (χ0n) is 15.8. The molecule has 1 heterocycles. The number of halogens is 1. The molecule has 0 atom stereocenters. The molecule has 0 radical (unpaired) electrons. The lowest BCUT2D eigenvalue weighted by atomic mass is 10.2. The summed E-state index contributed by atoms with van der Waals surface area (Å²) in [4.78, 5) is 12.8. The van der Waals surface area contributed by atoms with Crippen LogP contribution in [0.15, 0.2) is 51.8 Å². The molecule has 0 aromatic heterocycles. The van der Waals surface area contributed by atoms with E-state index in [9.17, 15) is 13.2 Å². The first-order valence-electron chi connectivity index (χ1n) is 9.15. The van der Waals surface area contributed by atoms with Gasteiger partial charge in [-0.3, -0.25) is 4.79 Å². The van der Waals surface area contributed by atoms with E-state index in [4.69, 9.17) is 4.74 Å². The van der Waals surface area contributed by atoms with Crippen LogP contribution in [-0.2, 0) is 10.0 Å². The Bertz CT molecular complexity index is 953. The average Bonchev–Trinajstić information content (AvgIpc) is 3.18. The number of rotatable bonds is 6. The Morgan fingerprint density at radius 2 is 1.75 bits per heavy atom. The van der Waals surface area contributed by atoms with Crippen LogP contribution in [0, 0.1) is 0 Å². The largest absolute Gasteiger partial charge is 0.491 e. The van der Waals surface area contributed by atoms with Crippen molar-refractivity contribution in [3.8, 4) is 5.75 Å². The van der Waals surface area contributed by atoms with Gasteiger partial charge in [0.05, 0.1) is 16.6 Å². The summed E-state index contributed by atoms with van der Waals surface area (Å²) in [5, 5.41) is 2.79. The summed E-state index contributed by atoms with van der Waals surface area (Å²) in [5.41, 5.74) is 0.864. The molecule has 28 heavy (non-hydrogen) atoms. The van der Waals surface area contributed by atoms with Gasteiger partial charge in [-0.25, -0.2) is 8.42 Å². The smallest absolute Gasteiger partial charge is 0.256 e. The maximum absolute atomic E-state index is 12.8. The molecule has 0 spiro atoms. The Balaban J connectivity index is 1.80. The topological polar surface area (TPSA) is 75.7 Å². The summed E-state index contributed by atoms with van der Waals surface area (Å²) in [5.74, 6) is 0.329. The van der Waals surface area contributed by atoms with E-state index in [1.807, 2.05) is 13.8 Å². The van der Waals surface area contributed by atoms with E-state index in [2.05, 4.69) is 21.2 Å². The second-order valence-electron chi connectivity index (χ2n) is 6.90. The predicted octanol–water partition coefficient (Wildman–Crippen LogP) is 4.27. The van der Waals surface area contributed by atoms with Crippen LogP contribution in [0.25, 0.3) is 0 Å². The summed E-state index contributed by atoms with van der Waals surface area (Å²) in [6.45, 7) is 4.92. The van der Waals surface area contributed by atoms with Crippen LogP contribution in [0.1, 0.15) is 37.0 Å². The van der Waals surface area contributed by atoms with Gasteiger partial charge in [-0.05, 0) is 85.1 Å². The van der Waals surface area contributed by atoms with Gasteiger partial charge in [0.15, 0.2) is 0 Å². The molecular formula is C20H23BrN2O4S. The van der Waals surface area contributed by atoms with E-state index in [0.717, 1.165) is 12.8 Å². The fraction of sp³-hybridized carbons (Fsp3) is 0.350. The first-order valence-corrected chi connectivity index (χ1v) is 11.4. The first-order chi connectivity index (χ1) is 13.3. The molecule has 0 aliphatic carbocycles. The number of amides is 1. The molecule has 1 N–H and O–H groups in total. The number of carbonyl (C=O) groups is 1. The third-order valence-corrected chi connectivity index (χ3v) is 6.96. The van der Waals surface area contributed by atoms with Gasteiger partial charge in [0.1, 0.15) is 5.75 Å². The van der Waals surface area contributed by atoms with Gasteiger partial charge in [-0.2, -0.15) is 4.31 Å². The van der Waals surface area contributed by atoms with Gasteiger partial charge < -0.3 is 10.1 Å². The van der Waals surface area contributed by atoms with Crippen LogP contribution in [0.5, 0.6) is 5.75 Å². The third kappa shape index (κ3) is 4.74. The first kappa shape index (κ1) is 20.8. The van der Waals surface area contributed by atoms with Gasteiger partial charge >= 0.3 is 0 Å². The van der Waals surface area contributed by atoms with Crippen molar-refractivity contribution in [2.75, 3.05) is 18.4 Å². The van der Waals surface area contributed by atoms with Gasteiger partial charge in [-0.1, -0.05) is 0 Å². The highest BCUT2D eigenvalue weighted by Gasteiger charge is 2.28. The van der Waals surface area contributed by atoms with Gasteiger partial charge in [0.2, 0.25) is 10.0 Å². The van der Waals surface area contributed by atoms with Crippen LogP contribution >= 0.6 is 15.9 Å². The molecular weight excluding hydrogens is 444 g/mol. The Morgan fingerprint density at radius 3 is 2.36 bits per heavy atom. The fourth-order valence-corrected chi connectivity index (χ4v) is 4.97. The van der Waals surface area contributed by atoms with Crippen LogP contribution in [0.2, 0.25) is 0 Å². The molecule has 6 nitrogen and oxygen atoms in total. The summed E-state index contributed by atoms with van der Waals surface area (Å²) in [7, 11) is -3.59. The standard InChI is InChI=1S/C20H23BrN2O4S/c1-14(2)27-16-7-5-15(6-8-16)22-20(24)18-13-17(9-10-19(18)21)28(25,26)23-11-3-4-12-23/h5-10,13-14H,3-4,11-12H2,1-2H3,(H,22,24). The molecule has 0 unspecified atom stereocenters. The fourth-order valence-electron chi connectivity index (χ4n) is 3.00. The van der Waals surface area contributed by atoms with Crippen molar-refractivity contribution < 1.29 is 17.9 Å². The highest BCUT2D eigenvalue weighted by molar-refractivity contribution is 9.10. The van der Waals surface area contributed by atoms with Crippen molar-refractivity contribution in [1.82, 2.24) is 4.31 Å². The van der Waals surface area contributed by atoms with Crippen molar-refractivity contribution in [3.05, 3.63) is 52.5 Å². The second-order valence-corrected chi connectivity index (χ2v) is 9.69. The SMILES string of the molecule is CC(C)Oc1ccc(NC(=O)c2cc(S(=O)(=O)N3CCCC3)ccc2Br)cc1. The number of hydrogen-bond donors (Lipinski definition) is 1. The van der Waals surface area contributed by atoms with Crippen LogP contribution in [0.3, 0.4) is 0 Å². The van der Waals surface area contributed by atoms with Crippen LogP contribution in [0.4, 0.5) is 5.69 Å². The minimum absolute atomic E-state index is 0.0664. The van der Waals surface area contributed by atoms with E-state index >= 15 is 0 Å². The molecule has 0 bridgehead atoms. The minimum Gasteiger partial charge on any atom is -0.491 e. The lowest BCUT2D eigenvalue weighted by Gasteiger charge is -2.16. The summed E-state index contributed by atoms with van der Waals surface area (Å²) in [6.07, 6.45) is 1.79. The molecule has 1 saturated heterocycles. The van der Waals surface area contributed by atoms with E-state index < -0.39 is 10.0 Å². The molecule has 2 aromatic carbocycles. The Labute approximate surface area is 174 Å². The number of nitrogens with zero attached hydrogens (tertiary/aromatic N) is 1. The van der Waals surface area contributed by atoms with Crippen LogP contribution in [-0.4, -0.2) is 37.8 Å². The molecule has 3 rings (SSSR count). The molecule has 1 amide bonds. The van der Waals surface area contributed by atoms with Gasteiger partial charge in [0.25, 0.3) is 5.91 Å². The molecule has 150 valence electrons. The third-order valence-electron chi connectivity index (χ3n) is 4.37. The van der Waals surface area contributed by atoms with Crippen molar-refractivity contribution in [2.24, 2.45) is 0 Å². The molecule has 2 aromatic rings. The van der Waals surface area contributed by atoms with Crippen molar-refractivity contribution >= 4 is 37.5 Å². The van der Waals surface area contributed by atoms with E-state index in [1.165, 1.54) is 16.4 Å². The molecule has 1 fully saturated rings. The molecule has 1 aliphatic heterocycles. The maximum atomic E-state index is 12.8. The minimum atomic E-state index is -3.59. The summed E-state index contributed by atoms with van der Waals surface area (Å²) < 4.78 is 33.1.